The van der Waals surface area contributed by atoms with Gasteiger partial charge in [-0.05, 0) is 38.0 Å². The van der Waals surface area contributed by atoms with Crippen LogP contribution in [0.25, 0.3) is 11.1 Å². The number of aliphatic hydroxyl groups excluding tert-OH is 1. The van der Waals surface area contributed by atoms with Crippen LogP contribution >= 0.6 is 0 Å². The van der Waals surface area contributed by atoms with Crippen molar-refractivity contribution in [1.82, 2.24) is 4.98 Å². The molecule has 0 aliphatic heterocycles. The minimum atomic E-state index is -0.239. The van der Waals surface area contributed by atoms with Crippen molar-refractivity contribution < 1.29 is 9.84 Å². The molecule has 1 heterocycles. The third-order valence-electron chi connectivity index (χ3n) is 2.62. The SMILES string of the molecule is CC(C)(C)Oc1ccc(-c2ccc(CO)cc2)cn1. The fourth-order valence-corrected chi connectivity index (χ4v) is 1.73. The predicted octanol–water partition coefficient (Wildman–Crippen LogP) is 3.42. The van der Waals surface area contributed by atoms with Crippen LogP contribution in [0.3, 0.4) is 0 Å². The Morgan fingerprint density at radius 1 is 1.00 bits per heavy atom. The average molecular weight is 257 g/mol. The van der Waals surface area contributed by atoms with Gasteiger partial charge in [0, 0.05) is 17.8 Å². The summed E-state index contributed by atoms with van der Waals surface area (Å²) in [6.07, 6.45) is 1.80. The molecule has 2 rings (SSSR count). The summed E-state index contributed by atoms with van der Waals surface area (Å²) in [7, 11) is 0. The first-order valence-electron chi connectivity index (χ1n) is 6.33. The molecule has 0 saturated heterocycles. The number of pyridine rings is 1. The molecule has 0 saturated carbocycles. The Morgan fingerprint density at radius 2 is 1.63 bits per heavy atom. The van der Waals surface area contributed by atoms with Gasteiger partial charge in [-0.3, -0.25) is 0 Å². The molecule has 0 atom stereocenters. The molecule has 3 heteroatoms. The maximum absolute atomic E-state index is 9.01. The third kappa shape index (κ3) is 3.80. The summed E-state index contributed by atoms with van der Waals surface area (Å²) in [4.78, 5) is 4.31. The molecular formula is C16H19NO2. The Balaban J connectivity index is 2.17. The van der Waals surface area contributed by atoms with Crippen molar-refractivity contribution in [2.45, 2.75) is 33.0 Å². The van der Waals surface area contributed by atoms with E-state index in [0.29, 0.717) is 5.88 Å². The number of aromatic nitrogens is 1. The Kier molecular flexibility index (Phi) is 3.86. The Hall–Kier alpha value is -1.87. The molecule has 0 radical (unpaired) electrons. The summed E-state index contributed by atoms with van der Waals surface area (Å²) in [6.45, 7) is 6.06. The predicted molar refractivity (Wildman–Crippen MR) is 76.0 cm³/mol. The fraction of sp³-hybridized carbons (Fsp3) is 0.312. The number of aliphatic hydroxyl groups is 1. The molecule has 0 aliphatic rings. The molecule has 0 bridgehead atoms. The minimum Gasteiger partial charge on any atom is -0.472 e. The van der Waals surface area contributed by atoms with Crippen LogP contribution in [0.15, 0.2) is 42.6 Å². The van der Waals surface area contributed by atoms with Gasteiger partial charge >= 0.3 is 0 Å². The standard InChI is InChI=1S/C16H19NO2/c1-16(2,3)19-15-9-8-14(10-17-15)13-6-4-12(11-18)5-7-13/h4-10,18H,11H2,1-3H3. The van der Waals surface area contributed by atoms with Crippen molar-refractivity contribution in [1.29, 1.82) is 0 Å². The highest BCUT2D eigenvalue weighted by Gasteiger charge is 2.12. The maximum Gasteiger partial charge on any atom is 0.213 e. The smallest absolute Gasteiger partial charge is 0.213 e. The molecule has 19 heavy (non-hydrogen) atoms. The van der Waals surface area contributed by atoms with Crippen LogP contribution in [-0.2, 0) is 6.61 Å². The highest BCUT2D eigenvalue weighted by Crippen LogP contribution is 2.22. The van der Waals surface area contributed by atoms with Gasteiger partial charge in [0.15, 0.2) is 0 Å². The first-order chi connectivity index (χ1) is 8.98. The normalized spacial score (nSPS) is 11.4. The first kappa shape index (κ1) is 13.6. The largest absolute Gasteiger partial charge is 0.472 e. The average Bonchev–Trinajstić information content (AvgIpc) is 2.38. The fourth-order valence-electron chi connectivity index (χ4n) is 1.73. The second kappa shape index (κ2) is 5.41. The molecule has 0 spiro atoms. The molecule has 0 amide bonds. The van der Waals surface area contributed by atoms with E-state index >= 15 is 0 Å². The molecule has 0 aliphatic carbocycles. The lowest BCUT2D eigenvalue weighted by Gasteiger charge is -2.20. The second-order valence-electron chi connectivity index (χ2n) is 5.45. The lowest BCUT2D eigenvalue weighted by atomic mass is 10.1. The quantitative estimate of drug-likeness (QED) is 0.916. The van der Waals surface area contributed by atoms with Crippen molar-refractivity contribution in [2.24, 2.45) is 0 Å². The van der Waals surface area contributed by atoms with Gasteiger partial charge in [-0.1, -0.05) is 24.3 Å². The second-order valence-corrected chi connectivity index (χ2v) is 5.45. The summed E-state index contributed by atoms with van der Waals surface area (Å²) in [5.74, 6) is 0.628. The van der Waals surface area contributed by atoms with Crippen LogP contribution in [-0.4, -0.2) is 15.7 Å². The summed E-state index contributed by atoms with van der Waals surface area (Å²) in [5.41, 5.74) is 2.78. The van der Waals surface area contributed by atoms with Gasteiger partial charge in [-0.2, -0.15) is 0 Å². The molecule has 0 fully saturated rings. The molecular weight excluding hydrogens is 238 g/mol. The maximum atomic E-state index is 9.01. The molecule has 1 aromatic carbocycles. The lowest BCUT2D eigenvalue weighted by Crippen LogP contribution is -2.23. The summed E-state index contributed by atoms with van der Waals surface area (Å²) in [6, 6.07) is 11.6. The lowest BCUT2D eigenvalue weighted by molar-refractivity contribution is 0.124. The highest BCUT2D eigenvalue weighted by molar-refractivity contribution is 5.62. The van der Waals surface area contributed by atoms with Crippen LogP contribution in [0.1, 0.15) is 26.3 Å². The van der Waals surface area contributed by atoms with Crippen LogP contribution in [0.2, 0.25) is 0 Å². The molecule has 0 unspecified atom stereocenters. The third-order valence-corrected chi connectivity index (χ3v) is 2.62. The van der Waals surface area contributed by atoms with E-state index in [1.165, 1.54) is 0 Å². The number of benzene rings is 1. The number of hydrogen-bond acceptors (Lipinski definition) is 3. The highest BCUT2D eigenvalue weighted by atomic mass is 16.5. The van der Waals surface area contributed by atoms with Crippen molar-refractivity contribution in [3.8, 4) is 17.0 Å². The first-order valence-corrected chi connectivity index (χ1v) is 6.33. The summed E-state index contributed by atoms with van der Waals surface area (Å²) >= 11 is 0. The van der Waals surface area contributed by atoms with Gasteiger partial charge in [0.2, 0.25) is 5.88 Å². The van der Waals surface area contributed by atoms with Gasteiger partial charge < -0.3 is 9.84 Å². The van der Waals surface area contributed by atoms with E-state index < -0.39 is 0 Å². The zero-order valence-corrected chi connectivity index (χ0v) is 11.6. The van der Waals surface area contributed by atoms with E-state index in [1.807, 2.05) is 57.2 Å². The summed E-state index contributed by atoms with van der Waals surface area (Å²) in [5, 5.41) is 9.01. The van der Waals surface area contributed by atoms with E-state index in [9.17, 15) is 0 Å². The van der Waals surface area contributed by atoms with Crippen molar-refractivity contribution in [3.05, 3.63) is 48.2 Å². The van der Waals surface area contributed by atoms with E-state index in [1.54, 1.807) is 6.20 Å². The number of ether oxygens (including phenoxy) is 1. The summed E-state index contributed by atoms with van der Waals surface area (Å²) < 4.78 is 5.68. The van der Waals surface area contributed by atoms with Gasteiger partial charge in [0.1, 0.15) is 5.60 Å². The molecule has 100 valence electrons. The Bertz CT molecular complexity index is 524. The van der Waals surface area contributed by atoms with Crippen LogP contribution < -0.4 is 4.74 Å². The van der Waals surface area contributed by atoms with Crippen molar-refractivity contribution in [2.75, 3.05) is 0 Å². The van der Waals surface area contributed by atoms with E-state index in [0.717, 1.165) is 16.7 Å². The van der Waals surface area contributed by atoms with Crippen LogP contribution in [0, 0.1) is 0 Å². The molecule has 1 N–H and O–H groups in total. The van der Waals surface area contributed by atoms with E-state index in [2.05, 4.69) is 4.98 Å². The molecule has 3 nitrogen and oxygen atoms in total. The number of rotatable bonds is 3. The van der Waals surface area contributed by atoms with Gasteiger partial charge in [0.25, 0.3) is 0 Å². The van der Waals surface area contributed by atoms with Gasteiger partial charge in [0.05, 0.1) is 6.61 Å². The number of nitrogens with zero attached hydrogens (tertiary/aromatic N) is 1. The van der Waals surface area contributed by atoms with Crippen LogP contribution in [0.5, 0.6) is 5.88 Å². The van der Waals surface area contributed by atoms with Crippen LogP contribution in [0.4, 0.5) is 0 Å². The van der Waals surface area contributed by atoms with Gasteiger partial charge in [-0.15, -0.1) is 0 Å². The van der Waals surface area contributed by atoms with Crippen molar-refractivity contribution >= 4 is 0 Å². The van der Waals surface area contributed by atoms with Crippen molar-refractivity contribution in [3.63, 3.8) is 0 Å². The molecule has 1 aromatic heterocycles. The topological polar surface area (TPSA) is 42.4 Å². The Morgan fingerprint density at radius 3 is 2.11 bits per heavy atom. The Labute approximate surface area is 113 Å². The van der Waals surface area contributed by atoms with Gasteiger partial charge in [-0.25, -0.2) is 4.98 Å². The van der Waals surface area contributed by atoms with E-state index in [-0.39, 0.29) is 12.2 Å². The monoisotopic (exact) mass is 257 g/mol. The zero-order chi connectivity index (χ0) is 13.9. The minimum absolute atomic E-state index is 0.0664. The van der Waals surface area contributed by atoms with E-state index in [4.69, 9.17) is 9.84 Å². The molecule has 2 aromatic rings. The zero-order valence-electron chi connectivity index (χ0n) is 11.6. The number of hydrogen-bond donors (Lipinski definition) is 1.